The molecule has 168 valence electrons. The highest BCUT2D eigenvalue weighted by atomic mass is 79.9. The molecule has 0 spiro atoms. The lowest BCUT2D eigenvalue weighted by molar-refractivity contribution is 0.403. The van der Waals surface area contributed by atoms with Crippen LogP contribution in [0.1, 0.15) is 0 Å². The van der Waals surface area contributed by atoms with Crippen molar-refractivity contribution in [1.82, 2.24) is 9.97 Å². The molecule has 2 aromatic carbocycles. The second-order valence-corrected chi connectivity index (χ2v) is 8.60. The van der Waals surface area contributed by atoms with Crippen molar-refractivity contribution in [3.63, 3.8) is 0 Å². The maximum Gasteiger partial charge on any atom is 0.328 e. The number of benzene rings is 2. The Kier molecular flexibility index (Phi) is 6.64. The van der Waals surface area contributed by atoms with E-state index in [-0.39, 0.29) is 22.0 Å². The SMILES string of the molecule is COc1ccc(NS(=O)(=O)c2cc(N=Nc3c(O)[nH]c(=O)[nH]c3=O)ccc2OC)cc1Br. The van der Waals surface area contributed by atoms with E-state index >= 15 is 0 Å². The minimum Gasteiger partial charge on any atom is -0.496 e. The minimum absolute atomic E-state index is 0.0343. The van der Waals surface area contributed by atoms with Gasteiger partial charge in [-0.1, -0.05) is 0 Å². The highest BCUT2D eigenvalue weighted by Gasteiger charge is 2.21. The van der Waals surface area contributed by atoms with Crippen LogP contribution < -0.4 is 25.4 Å². The summed E-state index contributed by atoms with van der Waals surface area (Å²) in [5.41, 5.74) is -2.14. The standard InChI is InChI=1S/C18H16BrN5O7S/c1-30-12-5-4-10(7-11(12)19)24-32(28,29)14-8-9(3-6-13(14)31-2)22-23-15-16(25)20-18(27)21-17(15)26/h3-8,24H,1-2H3,(H3,20,21,25,26,27). The maximum absolute atomic E-state index is 13.0. The Morgan fingerprint density at radius 1 is 1.00 bits per heavy atom. The van der Waals surface area contributed by atoms with Gasteiger partial charge >= 0.3 is 5.69 Å². The molecule has 0 aliphatic heterocycles. The third kappa shape index (κ3) is 4.97. The van der Waals surface area contributed by atoms with E-state index in [1.54, 1.807) is 6.07 Å². The van der Waals surface area contributed by atoms with Gasteiger partial charge in [-0.3, -0.25) is 19.5 Å². The van der Waals surface area contributed by atoms with Gasteiger partial charge in [0.1, 0.15) is 16.4 Å². The molecule has 0 bridgehead atoms. The molecule has 0 unspecified atom stereocenters. The molecular weight excluding hydrogens is 510 g/mol. The molecule has 32 heavy (non-hydrogen) atoms. The number of hydrogen-bond acceptors (Lipinski definition) is 9. The summed E-state index contributed by atoms with van der Waals surface area (Å²) in [6, 6.07) is 8.53. The number of azo groups is 1. The molecule has 14 heteroatoms. The highest BCUT2D eigenvalue weighted by Crippen LogP contribution is 2.33. The van der Waals surface area contributed by atoms with Crippen LogP contribution >= 0.6 is 15.9 Å². The quantitative estimate of drug-likeness (QED) is 0.342. The number of nitrogens with zero attached hydrogens (tertiary/aromatic N) is 2. The molecule has 0 atom stereocenters. The molecule has 3 aromatic rings. The van der Waals surface area contributed by atoms with Crippen LogP contribution in [0, 0.1) is 0 Å². The lowest BCUT2D eigenvalue weighted by Crippen LogP contribution is -2.20. The highest BCUT2D eigenvalue weighted by molar-refractivity contribution is 9.10. The molecule has 0 amide bonds. The molecule has 3 rings (SSSR count). The lowest BCUT2D eigenvalue weighted by Gasteiger charge is -2.13. The first-order valence-electron chi connectivity index (χ1n) is 8.66. The monoisotopic (exact) mass is 525 g/mol. The van der Waals surface area contributed by atoms with E-state index in [4.69, 9.17) is 9.47 Å². The summed E-state index contributed by atoms with van der Waals surface area (Å²) in [6.45, 7) is 0. The summed E-state index contributed by atoms with van der Waals surface area (Å²) in [5.74, 6) is -0.224. The fraction of sp³-hybridized carbons (Fsp3) is 0.111. The van der Waals surface area contributed by atoms with Gasteiger partial charge < -0.3 is 14.6 Å². The van der Waals surface area contributed by atoms with E-state index < -0.39 is 32.8 Å². The molecule has 0 aliphatic carbocycles. The lowest BCUT2D eigenvalue weighted by atomic mass is 10.3. The number of methoxy groups -OCH3 is 2. The smallest absolute Gasteiger partial charge is 0.328 e. The minimum atomic E-state index is -4.12. The van der Waals surface area contributed by atoms with Gasteiger partial charge in [-0.25, -0.2) is 13.2 Å². The number of H-pyrrole nitrogens is 2. The largest absolute Gasteiger partial charge is 0.496 e. The van der Waals surface area contributed by atoms with Crippen molar-refractivity contribution < 1.29 is 23.0 Å². The van der Waals surface area contributed by atoms with Crippen molar-refractivity contribution in [3.8, 4) is 17.4 Å². The van der Waals surface area contributed by atoms with E-state index in [1.165, 1.54) is 44.6 Å². The van der Waals surface area contributed by atoms with Crippen LogP contribution in [-0.4, -0.2) is 37.7 Å². The van der Waals surface area contributed by atoms with E-state index in [0.717, 1.165) is 0 Å². The number of rotatable bonds is 7. The van der Waals surface area contributed by atoms with Gasteiger partial charge in [0.25, 0.3) is 15.6 Å². The average molecular weight is 526 g/mol. The second kappa shape index (κ2) is 9.23. The van der Waals surface area contributed by atoms with Gasteiger partial charge in [0.15, 0.2) is 0 Å². The zero-order valence-electron chi connectivity index (χ0n) is 16.5. The maximum atomic E-state index is 13.0. The van der Waals surface area contributed by atoms with E-state index in [0.29, 0.717) is 10.2 Å². The summed E-state index contributed by atoms with van der Waals surface area (Å²) >= 11 is 3.29. The number of aromatic hydroxyl groups is 1. The molecule has 4 N–H and O–H groups in total. The molecule has 1 heterocycles. The van der Waals surface area contributed by atoms with Crippen LogP contribution in [0.15, 0.2) is 65.6 Å². The molecule has 0 saturated heterocycles. The van der Waals surface area contributed by atoms with Crippen molar-refractivity contribution in [2.75, 3.05) is 18.9 Å². The van der Waals surface area contributed by atoms with Gasteiger partial charge in [-0.05, 0) is 52.3 Å². The fourth-order valence-electron chi connectivity index (χ4n) is 2.55. The van der Waals surface area contributed by atoms with Gasteiger partial charge in [0.2, 0.25) is 11.6 Å². The number of halogens is 1. The molecule has 1 aromatic heterocycles. The van der Waals surface area contributed by atoms with Gasteiger partial charge in [-0.2, -0.15) is 5.11 Å². The van der Waals surface area contributed by atoms with Crippen molar-refractivity contribution in [3.05, 3.63) is 61.7 Å². The van der Waals surface area contributed by atoms with Crippen molar-refractivity contribution in [2.24, 2.45) is 10.2 Å². The Hall–Kier alpha value is -3.65. The van der Waals surface area contributed by atoms with Crippen molar-refractivity contribution in [1.29, 1.82) is 0 Å². The summed E-state index contributed by atoms with van der Waals surface area (Å²) < 4.78 is 39.2. The summed E-state index contributed by atoms with van der Waals surface area (Å²) in [7, 11) is -1.34. The molecule has 0 aliphatic rings. The van der Waals surface area contributed by atoms with Gasteiger partial charge in [0, 0.05) is 0 Å². The number of anilines is 1. The first-order valence-corrected chi connectivity index (χ1v) is 10.9. The van der Waals surface area contributed by atoms with Crippen LogP contribution in [0.4, 0.5) is 17.1 Å². The Morgan fingerprint density at radius 2 is 1.69 bits per heavy atom. The summed E-state index contributed by atoms with van der Waals surface area (Å²) in [5, 5.41) is 17.0. The van der Waals surface area contributed by atoms with Crippen molar-refractivity contribution in [2.45, 2.75) is 4.90 Å². The van der Waals surface area contributed by atoms with E-state index in [2.05, 4.69) is 30.9 Å². The second-order valence-electron chi connectivity index (χ2n) is 6.10. The average Bonchev–Trinajstić information content (AvgIpc) is 2.72. The molecule has 12 nitrogen and oxygen atoms in total. The predicted octanol–water partition coefficient (Wildman–Crippen LogP) is 2.76. The predicted molar refractivity (Wildman–Crippen MR) is 118 cm³/mol. The number of aromatic nitrogens is 2. The number of aromatic amines is 2. The zero-order chi connectivity index (χ0) is 23.5. The summed E-state index contributed by atoms with van der Waals surface area (Å²) in [4.78, 5) is 26.5. The van der Waals surface area contributed by atoms with Crippen LogP contribution in [0.3, 0.4) is 0 Å². The number of sulfonamides is 1. The number of hydrogen-bond donors (Lipinski definition) is 4. The van der Waals surface area contributed by atoms with Crippen LogP contribution in [0.5, 0.6) is 17.4 Å². The fourth-order valence-corrected chi connectivity index (χ4v) is 4.33. The Morgan fingerprint density at radius 3 is 2.31 bits per heavy atom. The summed E-state index contributed by atoms with van der Waals surface area (Å²) in [6.07, 6.45) is 0. The van der Waals surface area contributed by atoms with Gasteiger partial charge in [0.05, 0.1) is 30.1 Å². The van der Waals surface area contributed by atoms with Crippen LogP contribution in [-0.2, 0) is 10.0 Å². The third-order valence-corrected chi connectivity index (χ3v) is 6.03. The Bertz CT molecular complexity index is 1420. The number of nitrogens with one attached hydrogen (secondary N) is 3. The Balaban J connectivity index is 1.98. The van der Waals surface area contributed by atoms with Crippen molar-refractivity contribution >= 4 is 43.0 Å². The number of ether oxygens (including phenoxy) is 2. The van der Waals surface area contributed by atoms with E-state index in [9.17, 15) is 23.1 Å². The van der Waals surface area contributed by atoms with Gasteiger partial charge in [-0.15, -0.1) is 5.11 Å². The normalized spacial score (nSPS) is 11.5. The molecule has 0 fully saturated rings. The van der Waals surface area contributed by atoms with Crippen LogP contribution in [0.2, 0.25) is 0 Å². The van der Waals surface area contributed by atoms with E-state index in [1.807, 2.05) is 9.97 Å². The third-order valence-electron chi connectivity index (χ3n) is 4.00. The first-order chi connectivity index (χ1) is 15.1. The topological polar surface area (TPSA) is 175 Å². The molecular formula is C18H16BrN5O7S. The zero-order valence-corrected chi connectivity index (χ0v) is 18.9. The Labute approximate surface area is 189 Å². The van der Waals surface area contributed by atoms with Crippen LogP contribution in [0.25, 0.3) is 0 Å². The molecule has 0 saturated carbocycles. The first kappa shape index (κ1) is 23.0. The molecule has 0 radical (unpaired) electrons.